The van der Waals surface area contributed by atoms with Crippen LogP contribution in [0.25, 0.3) is 16.6 Å². The molecule has 0 aliphatic carbocycles. The van der Waals surface area contributed by atoms with E-state index in [0.717, 1.165) is 79.3 Å². The van der Waals surface area contributed by atoms with Gasteiger partial charge in [0.1, 0.15) is 5.75 Å². The quantitative estimate of drug-likeness (QED) is 0.129. The van der Waals surface area contributed by atoms with Crippen LogP contribution in [0, 0.1) is 0 Å². The molecule has 4 aromatic carbocycles. The lowest BCUT2D eigenvalue weighted by Gasteiger charge is -2.41. The van der Waals surface area contributed by atoms with Crippen molar-refractivity contribution in [2.75, 3.05) is 52.5 Å². The normalized spacial score (nSPS) is 16.8. The fourth-order valence-electron chi connectivity index (χ4n) is 8.55. The lowest BCUT2D eigenvalue weighted by atomic mass is 9.91. The third-order valence-corrected chi connectivity index (χ3v) is 11.8. The maximum absolute atomic E-state index is 15.5. The smallest absolute Gasteiger partial charge is 0.410 e. The number of para-hydroxylation sites is 2. The van der Waals surface area contributed by atoms with Gasteiger partial charge in [0.2, 0.25) is 0 Å². The maximum Gasteiger partial charge on any atom is 0.415 e. The Kier molecular flexibility index (Phi) is 12.2. The first kappa shape index (κ1) is 39.3. The Morgan fingerprint density at radius 3 is 2.26 bits per heavy atom. The van der Waals surface area contributed by atoms with Gasteiger partial charge in [0.15, 0.2) is 5.69 Å². The van der Waals surface area contributed by atoms with Gasteiger partial charge >= 0.3 is 6.09 Å². The molecular weight excluding hydrogens is 729 g/mol. The number of fused-ring (bicyclic) bond motifs is 3. The highest BCUT2D eigenvalue weighted by molar-refractivity contribution is 6.06. The average Bonchev–Trinajstić information content (AvgIpc) is 3.65. The summed E-state index contributed by atoms with van der Waals surface area (Å²) in [4.78, 5) is 51.4. The molecule has 0 bridgehead atoms. The number of hydrogen-bond donors (Lipinski definition) is 0. The van der Waals surface area contributed by atoms with Crippen LogP contribution in [0.1, 0.15) is 82.6 Å². The van der Waals surface area contributed by atoms with Crippen molar-refractivity contribution in [3.63, 3.8) is 0 Å². The minimum atomic E-state index is -0.427. The lowest BCUT2D eigenvalue weighted by molar-refractivity contribution is 0.0192. The Labute approximate surface area is 341 Å². The van der Waals surface area contributed by atoms with E-state index in [1.165, 1.54) is 5.56 Å². The molecule has 1 atom stereocenters. The number of amides is 3. The first-order chi connectivity index (χ1) is 28.4. The Bertz CT molecular complexity index is 2240. The van der Waals surface area contributed by atoms with Crippen LogP contribution in [-0.4, -0.2) is 106 Å². The fraction of sp³-hybridized carbons (Fsp3) is 0.404. The van der Waals surface area contributed by atoms with Gasteiger partial charge in [-0.25, -0.2) is 9.48 Å². The molecule has 0 radical (unpaired) electrons. The lowest BCUT2D eigenvalue weighted by Crippen LogP contribution is -2.52. The van der Waals surface area contributed by atoms with Gasteiger partial charge in [-0.15, -0.1) is 0 Å². The largest absolute Gasteiger partial charge is 0.415 e. The molecule has 302 valence electrons. The van der Waals surface area contributed by atoms with E-state index in [9.17, 15) is 9.59 Å². The highest BCUT2D eigenvalue weighted by atomic mass is 16.6. The van der Waals surface area contributed by atoms with Gasteiger partial charge in [0.25, 0.3) is 11.8 Å². The number of benzene rings is 4. The summed E-state index contributed by atoms with van der Waals surface area (Å²) in [6.07, 6.45) is 4.69. The van der Waals surface area contributed by atoms with Crippen molar-refractivity contribution in [2.24, 2.45) is 0 Å². The zero-order valence-electron chi connectivity index (χ0n) is 33.8. The number of carbonyl (C=O) groups is 3. The number of rotatable bonds is 12. The van der Waals surface area contributed by atoms with E-state index in [0.29, 0.717) is 75.1 Å². The fourth-order valence-corrected chi connectivity index (χ4v) is 8.55. The molecule has 1 saturated heterocycles. The molecule has 5 aromatic rings. The monoisotopic (exact) mass is 782 g/mol. The molecular formula is C47H54N6O5. The van der Waals surface area contributed by atoms with E-state index in [2.05, 4.69) is 43.0 Å². The summed E-state index contributed by atoms with van der Waals surface area (Å²) >= 11 is 0. The number of hydrogen-bond acceptors (Lipinski definition) is 7. The maximum atomic E-state index is 15.5. The van der Waals surface area contributed by atoms with Crippen molar-refractivity contribution in [1.29, 1.82) is 0 Å². The van der Waals surface area contributed by atoms with Crippen LogP contribution >= 0.6 is 0 Å². The summed E-state index contributed by atoms with van der Waals surface area (Å²) < 4.78 is 13.2. The van der Waals surface area contributed by atoms with Crippen LogP contribution in [0.4, 0.5) is 4.79 Å². The van der Waals surface area contributed by atoms with Crippen LogP contribution in [0.5, 0.6) is 5.75 Å². The molecule has 11 heteroatoms. The molecule has 0 unspecified atom stereocenters. The van der Waals surface area contributed by atoms with Crippen LogP contribution in [0.2, 0.25) is 0 Å². The van der Waals surface area contributed by atoms with Crippen molar-refractivity contribution >= 4 is 28.8 Å². The first-order valence-corrected chi connectivity index (χ1v) is 21.0. The highest BCUT2D eigenvalue weighted by Gasteiger charge is 2.35. The molecule has 8 rings (SSSR count). The molecule has 3 aliphatic heterocycles. The van der Waals surface area contributed by atoms with Crippen molar-refractivity contribution in [1.82, 2.24) is 29.4 Å². The predicted molar refractivity (Wildman–Crippen MR) is 224 cm³/mol. The van der Waals surface area contributed by atoms with Gasteiger partial charge in [-0.2, -0.15) is 5.10 Å². The van der Waals surface area contributed by atoms with Crippen molar-refractivity contribution < 1.29 is 23.9 Å². The van der Waals surface area contributed by atoms with E-state index >= 15 is 4.79 Å². The topological polar surface area (TPSA) is 100 Å². The van der Waals surface area contributed by atoms with Crippen molar-refractivity contribution in [3.05, 3.63) is 125 Å². The van der Waals surface area contributed by atoms with Crippen LogP contribution < -0.4 is 4.74 Å². The molecule has 1 aromatic heterocycles. The third-order valence-electron chi connectivity index (χ3n) is 11.8. The molecule has 3 aliphatic rings. The van der Waals surface area contributed by atoms with Crippen LogP contribution in [0.15, 0.2) is 91.0 Å². The summed E-state index contributed by atoms with van der Waals surface area (Å²) in [7, 11) is 0. The summed E-state index contributed by atoms with van der Waals surface area (Å²) in [6, 6.07) is 29.3. The number of ether oxygens (including phenoxy) is 2. The van der Waals surface area contributed by atoms with Gasteiger partial charge in [-0.05, 0) is 78.3 Å². The van der Waals surface area contributed by atoms with Crippen LogP contribution in [0.3, 0.4) is 0 Å². The predicted octanol–water partition coefficient (Wildman–Crippen LogP) is 7.52. The minimum absolute atomic E-state index is 0.0704. The number of carbonyl (C=O) groups excluding carboxylic acids is 3. The molecule has 0 saturated carbocycles. The standard InChI is InChI=1S/C47H54N6O5/c1-3-5-21-50(22-6-4-2)46(55)44-40-18-12-13-19-42(40)53(48-44)43-30-35-20-23-51(47(56)58-39-16-8-7-9-17-39)31-37(35)29-41(43)45(54)52-32-36-15-11-10-14-34(36)28-38(52)33-49-24-26-57-27-25-49/h7-19,29-30,38H,3-6,20-28,31-33H2,1-2H3/t38-/m0/s1. The molecule has 0 spiro atoms. The molecule has 3 amide bonds. The van der Waals surface area contributed by atoms with Crippen LogP contribution in [-0.2, 0) is 30.7 Å². The van der Waals surface area contributed by atoms with Gasteiger partial charge in [-0.1, -0.05) is 87.4 Å². The SMILES string of the molecule is CCCCN(CCCC)C(=O)c1nn(-c2cc3c(cc2C(=O)N2Cc4ccccc4C[C@H]2CN2CCOCC2)CN(C(=O)Oc2ccccc2)CC3)c2ccccc12. The van der Waals surface area contributed by atoms with E-state index in [1.807, 2.05) is 69.1 Å². The van der Waals surface area contributed by atoms with E-state index < -0.39 is 6.09 Å². The average molecular weight is 783 g/mol. The molecule has 11 nitrogen and oxygen atoms in total. The Hall–Kier alpha value is -5.52. The summed E-state index contributed by atoms with van der Waals surface area (Å²) in [5.41, 5.74) is 6.61. The second-order valence-corrected chi connectivity index (χ2v) is 15.7. The first-order valence-electron chi connectivity index (χ1n) is 21.0. The minimum Gasteiger partial charge on any atom is -0.410 e. The van der Waals surface area contributed by atoms with Crippen molar-refractivity contribution in [2.45, 2.75) is 71.5 Å². The Morgan fingerprint density at radius 2 is 1.50 bits per heavy atom. The summed E-state index contributed by atoms with van der Waals surface area (Å²) in [6.45, 7) is 10.6. The number of nitrogens with zero attached hydrogens (tertiary/aromatic N) is 6. The zero-order valence-corrected chi connectivity index (χ0v) is 33.8. The Morgan fingerprint density at radius 1 is 0.793 bits per heavy atom. The van der Waals surface area contributed by atoms with Gasteiger partial charge in [0, 0.05) is 63.8 Å². The van der Waals surface area contributed by atoms with E-state index in [-0.39, 0.29) is 17.9 Å². The second-order valence-electron chi connectivity index (χ2n) is 15.7. The second kappa shape index (κ2) is 18.0. The number of aromatic nitrogens is 2. The summed E-state index contributed by atoms with van der Waals surface area (Å²) in [5, 5.41) is 5.88. The van der Waals surface area contributed by atoms with Gasteiger partial charge in [-0.3, -0.25) is 14.5 Å². The van der Waals surface area contributed by atoms with Gasteiger partial charge < -0.3 is 24.2 Å². The number of morpholine rings is 1. The van der Waals surface area contributed by atoms with Gasteiger partial charge in [0.05, 0.1) is 30.0 Å². The molecule has 0 N–H and O–H groups in total. The zero-order chi connectivity index (χ0) is 40.0. The third kappa shape index (κ3) is 8.37. The highest BCUT2D eigenvalue weighted by Crippen LogP contribution is 2.33. The number of unbranched alkanes of at least 4 members (excludes halogenated alkanes) is 2. The summed E-state index contributed by atoms with van der Waals surface area (Å²) in [5.74, 6) is 0.295. The molecule has 1 fully saturated rings. The Balaban J connectivity index is 1.22. The van der Waals surface area contributed by atoms with E-state index in [1.54, 1.807) is 17.0 Å². The van der Waals surface area contributed by atoms with Crippen molar-refractivity contribution in [3.8, 4) is 11.4 Å². The van der Waals surface area contributed by atoms with E-state index in [4.69, 9.17) is 14.6 Å². The molecule has 4 heterocycles. The molecule has 58 heavy (non-hydrogen) atoms.